The topological polar surface area (TPSA) is 72.2 Å². The predicted molar refractivity (Wildman–Crippen MR) is 117 cm³/mol. The van der Waals surface area contributed by atoms with Crippen molar-refractivity contribution in [2.45, 2.75) is 76.9 Å². The molecule has 30 heavy (non-hydrogen) atoms. The number of hydrogen-bond donors (Lipinski definition) is 1. The second-order valence-electron chi connectivity index (χ2n) is 8.57. The summed E-state index contributed by atoms with van der Waals surface area (Å²) in [6.07, 6.45) is 7.61. The molecule has 162 valence electrons. The van der Waals surface area contributed by atoms with E-state index >= 15 is 0 Å². The van der Waals surface area contributed by atoms with Crippen LogP contribution in [0, 0.1) is 0 Å². The maximum absolute atomic E-state index is 12.9. The molecule has 0 radical (unpaired) electrons. The number of urea groups is 1. The Morgan fingerprint density at radius 3 is 2.43 bits per heavy atom. The molecule has 7 heteroatoms. The molecule has 0 atom stereocenters. The van der Waals surface area contributed by atoms with E-state index in [1.165, 1.54) is 19.3 Å². The van der Waals surface area contributed by atoms with E-state index < -0.39 is 0 Å². The molecule has 7 nitrogen and oxygen atoms in total. The maximum atomic E-state index is 12.9. The number of likely N-dealkylation sites (tertiary alicyclic amines) is 1. The highest BCUT2D eigenvalue weighted by Gasteiger charge is 2.29. The van der Waals surface area contributed by atoms with E-state index in [-0.39, 0.29) is 17.6 Å². The van der Waals surface area contributed by atoms with Crippen LogP contribution in [0.2, 0.25) is 0 Å². The fourth-order valence-corrected chi connectivity index (χ4v) is 4.77. The minimum Gasteiger partial charge on any atom is -0.335 e. The number of piperidine rings is 1. The van der Waals surface area contributed by atoms with Gasteiger partial charge in [-0.2, -0.15) is 5.10 Å². The van der Waals surface area contributed by atoms with Crippen molar-refractivity contribution in [3.8, 4) is 0 Å². The summed E-state index contributed by atoms with van der Waals surface area (Å²) in [5.74, 6) is 1.08. The first-order valence-corrected chi connectivity index (χ1v) is 11.4. The molecular formula is C23H33N5O2. The first kappa shape index (κ1) is 20.7. The number of hydrogen-bond acceptors (Lipinski definition) is 3. The molecular weight excluding hydrogens is 378 g/mol. The predicted octanol–water partition coefficient (Wildman–Crippen LogP) is 3.33. The molecule has 1 aromatic heterocycles. The molecule has 2 heterocycles. The van der Waals surface area contributed by atoms with Crippen LogP contribution in [-0.2, 0) is 13.1 Å². The Kier molecular flexibility index (Phi) is 6.55. The van der Waals surface area contributed by atoms with Gasteiger partial charge in [-0.05, 0) is 38.2 Å². The Morgan fingerprint density at radius 2 is 1.77 bits per heavy atom. The number of nitrogens with zero attached hydrogens (tertiary/aromatic N) is 4. The summed E-state index contributed by atoms with van der Waals surface area (Å²) in [7, 11) is 0. The van der Waals surface area contributed by atoms with Crippen molar-refractivity contribution in [2.24, 2.45) is 0 Å². The van der Waals surface area contributed by atoms with Gasteiger partial charge in [0.05, 0.1) is 6.54 Å². The molecule has 0 bridgehead atoms. The highest BCUT2D eigenvalue weighted by Crippen LogP contribution is 2.27. The van der Waals surface area contributed by atoms with Gasteiger partial charge in [0.15, 0.2) is 0 Å². The molecule has 1 saturated heterocycles. The molecule has 2 fully saturated rings. The summed E-state index contributed by atoms with van der Waals surface area (Å²) in [5.41, 5.74) is 1.02. The van der Waals surface area contributed by atoms with E-state index in [1.54, 1.807) is 9.25 Å². The zero-order valence-electron chi connectivity index (χ0n) is 17.9. The van der Waals surface area contributed by atoms with Crippen LogP contribution in [0.1, 0.15) is 69.2 Å². The van der Waals surface area contributed by atoms with Crippen molar-refractivity contribution in [1.29, 1.82) is 0 Å². The van der Waals surface area contributed by atoms with E-state index in [1.807, 2.05) is 42.2 Å². The quantitative estimate of drug-likeness (QED) is 0.820. The zero-order chi connectivity index (χ0) is 20.9. The largest absolute Gasteiger partial charge is 0.346 e. The molecule has 2 aromatic rings. The molecule has 1 aliphatic carbocycles. The highest BCUT2D eigenvalue weighted by atomic mass is 16.2. The zero-order valence-corrected chi connectivity index (χ0v) is 17.9. The van der Waals surface area contributed by atoms with Crippen LogP contribution in [0.3, 0.4) is 0 Å². The standard InChI is InChI=1S/C23H33N5O2/c1-2-27-21(25-28(23(27)30)17-18-9-5-3-6-10-18)19-13-15-26(16-14-19)22(29)24-20-11-7-4-8-12-20/h3,5-6,9-10,19-20H,2,4,7-8,11-17H2,1H3,(H,24,29). The van der Waals surface area contributed by atoms with Crippen LogP contribution >= 0.6 is 0 Å². The lowest BCUT2D eigenvalue weighted by molar-refractivity contribution is 0.173. The van der Waals surface area contributed by atoms with Gasteiger partial charge >= 0.3 is 11.7 Å². The van der Waals surface area contributed by atoms with E-state index in [2.05, 4.69) is 5.32 Å². The van der Waals surface area contributed by atoms with Crippen LogP contribution in [-0.4, -0.2) is 44.4 Å². The number of aromatic nitrogens is 3. The minimum absolute atomic E-state index is 0.0474. The highest BCUT2D eigenvalue weighted by molar-refractivity contribution is 5.74. The van der Waals surface area contributed by atoms with Crippen LogP contribution < -0.4 is 11.0 Å². The second kappa shape index (κ2) is 9.49. The molecule has 0 spiro atoms. The summed E-state index contributed by atoms with van der Waals surface area (Å²) in [5, 5.41) is 7.93. The molecule has 1 N–H and O–H groups in total. The lowest BCUT2D eigenvalue weighted by Crippen LogP contribution is -2.48. The summed E-state index contributed by atoms with van der Waals surface area (Å²) in [6, 6.07) is 10.4. The van der Waals surface area contributed by atoms with E-state index in [0.29, 0.717) is 32.2 Å². The summed E-state index contributed by atoms with van der Waals surface area (Å²) in [4.78, 5) is 27.4. The average molecular weight is 412 g/mol. The lowest BCUT2D eigenvalue weighted by Gasteiger charge is -2.33. The SMILES string of the molecule is CCn1c(C2CCN(C(=O)NC3CCCCC3)CC2)nn(Cc2ccccc2)c1=O. The number of benzene rings is 1. The second-order valence-corrected chi connectivity index (χ2v) is 8.57. The normalized spacial score (nSPS) is 18.5. The van der Waals surface area contributed by atoms with E-state index in [4.69, 9.17) is 5.10 Å². The van der Waals surface area contributed by atoms with Crippen molar-refractivity contribution >= 4 is 6.03 Å². The smallest absolute Gasteiger partial charge is 0.335 e. The van der Waals surface area contributed by atoms with Gasteiger partial charge in [0.2, 0.25) is 0 Å². The van der Waals surface area contributed by atoms with Gasteiger partial charge in [-0.25, -0.2) is 14.3 Å². The number of rotatable bonds is 5. The Hall–Kier alpha value is -2.57. The number of carbonyl (C=O) groups is 1. The molecule has 4 rings (SSSR count). The Balaban J connectivity index is 1.39. The third-order valence-corrected chi connectivity index (χ3v) is 6.52. The third kappa shape index (κ3) is 4.60. The Morgan fingerprint density at radius 1 is 1.07 bits per heavy atom. The lowest BCUT2D eigenvalue weighted by atomic mass is 9.95. The van der Waals surface area contributed by atoms with Crippen LogP contribution in [0.15, 0.2) is 35.1 Å². The molecule has 2 amide bonds. The van der Waals surface area contributed by atoms with Gasteiger partial charge in [0.1, 0.15) is 5.82 Å². The van der Waals surface area contributed by atoms with Gasteiger partial charge in [-0.1, -0.05) is 49.6 Å². The summed E-state index contributed by atoms with van der Waals surface area (Å²) < 4.78 is 3.38. The van der Waals surface area contributed by atoms with Crippen molar-refractivity contribution in [3.63, 3.8) is 0 Å². The maximum Gasteiger partial charge on any atom is 0.346 e. The summed E-state index contributed by atoms with van der Waals surface area (Å²) >= 11 is 0. The van der Waals surface area contributed by atoms with Gasteiger partial charge in [0.25, 0.3) is 0 Å². The van der Waals surface area contributed by atoms with Crippen LogP contribution in [0.4, 0.5) is 4.79 Å². The fraction of sp³-hybridized carbons (Fsp3) is 0.609. The minimum atomic E-state index is -0.0474. The van der Waals surface area contributed by atoms with Crippen molar-refractivity contribution in [2.75, 3.05) is 13.1 Å². The summed E-state index contributed by atoms with van der Waals surface area (Å²) in [6.45, 7) is 4.53. The van der Waals surface area contributed by atoms with Crippen molar-refractivity contribution in [3.05, 3.63) is 52.2 Å². The number of amides is 2. The Bertz CT molecular complexity index is 890. The fourth-order valence-electron chi connectivity index (χ4n) is 4.77. The molecule has 2 aliphatic rings. The van der Waals surface area contributed by atoms with Gasteiger partial charge in [0, 0.05) is 31.6 Å². The van der Waals surface area contributed by atoms with E-state index in [9.17, 15) is 9.59 Å². The van der Waals surface area contributed by atoms with Crippen molar-refractivity contribution in [1.82, 2.24) is 24.6 Å². The molecule has 1 saturated carbocycles. The van der Waals surface area contributed by atoms with Gasteiger partial charge in [-0.15, -0.1) is 0 Å². The van der Waals surface area contributed by atoms with Crippen LogP contribution in [0.5, 0.6) is 0 Å². The van der Waals surface area contributed by atoms with E-state index in [0.717, 1.165) is 37.1 Å². The monoisotopic (exact) mass is 411 g/mol. The Labute approximate surface area is 178 Å². The molecule has 1 aromatic carbocycles. The third-order valence-electron chi connectivity index (χ3n) is 6.52. The number of carbonyl (C=O) groups excluding carboxylic acids is 1. The average Bonchev–Trinajstić information content (AvgIpc) is 3.10. The molecule has 1 aliphatic heterocycles. The number of nitrogens with one attached hydrogen (secondary N) is 1. The first-order valence-electron chi connectivity index (χ1n) is 11.4. The van der Waals surface area contributed by atoms with Gasteiger partial charge < -0.3 is 10.2 Å². The van der Waals surface area contributed by atoms with Gasteiger partial charge in [-0.3, -0.25) is 4.57 Å². The van der Waals surface area contributed by atoms with Crippen molar-refractivity contribution < 1.29 is 4.79 Å². The first-order chi connectivity index (χ1) is 14.7. The van der Waals surface area contributed by atoms with Crippen LogP contribution in [0.25, 0.3) is 0 Å². The molecule has 0 unspecified atom stereocenters.